The van der Waals surface area contributed by atoms with E-state index in [0.29, 0.717) is 22.9 Å². The van der Waals surface area contributed by atoms with Gasteiger partial charge in [-0.05, 0) is 55.9 Å². The molecule has 0 bridgehead atoms. The molecule has 3 aromatic rings. The Morgan fingerprint density at radius 1 is 1.23 bits per heavy atom. The van der Waals surface area contributed by atoms with E-state index >= 15 is 0 Å². The number of benzene rings is 1. The first-order valence-corrected chi connectivity index (χ1v) is 8.91. The summed E-state index contributed by atoms with van der Waals surface area (Å²) in [4.78, 5) is 24.4. The molecule has 0 radical (unpaired) electrons. The Kier molecular flexibility index (Phi) is 4.46. The normalized spacial score (nSPS) is 20.5. The van der Waals surface area contributed by atoms with Gasteiger partial charge in [0.1, 0.15) is 5.75 Å². The highest BCUT2D eigenvalue weighted by atomic mass is 16.5. The van der Waals surface area contributed by atoms with Gasteiger partial charge in [0.2, 0.25) is 0 Å². The lowest BCUT2D eigenvalue weighted by molar-refractivity contribution is 0.120. The number of nitrogens with one attached hydrogen (secondary N) is 1. The lowest BCUT2D eigenvalue weighted by atomic mass is 9.86. The highest BCUT2D eigenvalue weighted by molar-refractivity contribution is 5.71. The zero-order valence-electron chi connectivity index (χ0n) is 14.7. The Hall–Kier alpha value is -2.67. The van der Waals surface area contributed by atoms with Gasteiger partial charge in [0.25, 0.3) is 0 Å². The highest BCUT2D eigenvalue weighted by Gasteiger charge is 2.25. The maximum absolute atomic E-state index is 12.5. The van der Waals surface area contributed by atoms with Gasteiger partial charge >= 0.3 is 5.69 Å². The molecule has 0 amide bonds. The van der Waals surface area contributed by atoms with Crippen LogP contribution in [-0.4, -0.2) is 38.3 Å². The van der Waals surface area contributed by atoms with E-state index in [4.69, 9.17) is 4.74 Å². The Morgan fingerprint density at radius 2 is 1.96 bits per heavy atom. The van der Waals surface area contributed by atoms with Gasteiger partial charge in [0.05, 0.1) is 11.9 Å². The first kappa shape index (κ1) is 16.8. The number of ether oxygens (including phenoxy) is 1. The zero-order chi connectivity index (χ0) is 18.1. The number of hydrogen-bond acceptors (Lipinski definition) is 5. The van der Waals surface area contributed by atoms with Gasteiger partial charge in [-0.25, -0.2) is 14.8 Å². The fourth-order valence-corrected chi connectivity index (χ4v) is 3.81. The number of H-pyrrole nitrogens is 1. The van der Waals surface area contributed by atoms with E-state index in [1.807, 2.05) is 0 Å². The quantitative estimate of drug-likeness (QED) is 0.751. The van der Waals surface area contributed by atoms with Crippen molar-refractivity contribution in [2.75, 3.05) is 13.7 Å². The Bertz CT molecular complexity index is 953. The lowest BCUT2D eigenvalue weighted by Crippen LogP contribution is -2.27. The Morgan fingerprint density at radius 3 is 2.65 bits per heavy atom. The monoisotopic (exact) mass is 354 g/mol. The van der Waals surface area contributed by atoms with Crippen molar-refractivity contribution >= 4 is 11.3 Å². The fourth-order valence-electron chi connectivity index (χ4n) is 3.81. The maximum atomic E-state index is 12.5. The van der Waals surface area contributed by atoms with Crippen LogP contribution in [0.1, 0.15) is 31.7 Å². The second-order valence-corrected chi connectivity index (χ2v) is 6.90. The molecule has 136 valence electrons. The fraction of sp³-hybridized carbons (Fsp3) is 0.421. The third kappa shape index (κ3) is 3.10. The minimum Gasteiger partial charge on any atom is -0.508 e. The topological polar surface area (TPSA) is 93.0 Å². The van der Waals surface area contributed by atoms with Crippen molar-refractivity contribution in [1.29, 1.82) is 0 Å². The van der Waals surface area contributed by atoms with Crippen LogP contribution in [0.15, 0.2) is 35.3 Å². The second kappa shape index (κ2) is 6.92. The average molecular weight is 354 g/mol. The van der Waals surface area contributed by atoms with Gasteiger partial charge in [0, 0.05) is 25.3 Å². The third-order valence-electron chi connectivity index (χ3n) is 5.17. The summed E-state index contributed by atoms with van der Waals surface area (Å²) in [6.45, 7) is 0.778. The van der Waals surface area contributed by atoms with E-state index in [1.165, 1.54) is 0 Å². The smallest absolute Gasteiger partial charge is 0.329 e. The van der Waals surface area contributed by atoms with E-state index in [-0.39, 0.29) is 17.5 Å². The van der Waals surface area contributed by atoms with Gasteiger partial charge in [-0.3, -0.25) is 9.55 Å². The van der Waals surface area contributed by atoms with Crippen LogP contribution < -0.4 is 5.69 Å². The summed E-state index contributed by atoms with van der Waals surface area (Å²) in [5, 5.41) is 9.46. The molecular formula is C19H22N4O3. The number of rotatable bonds is 4. The molecule has 7 nitrogen and oxygen atoms in total. The summed E-state index contributed by atoms with van der Waals surface area (Å²) in [6.07, 6.45) is 5.61. The summed E-state index contributed by atoms with van der Waals surface area (Å²) in [5.74, 6) is 0.768. The van der Waals surface area contributed by atoms with Gasteiger partial charge in [-0.1, -0.05) is 0 Å². The zero-order valence-corrected chi connectivity index (χ0v) is 14.7. The molecule has 0 saturated heterocycles. The first-order chi connectivity index (χ1) is 12.7. The molecule has 0 unspecified atom stereocenters. The molecule has 1 aromatic carbocycles. The maximum Gasteiger partial charge on any atom is 0.329 e. The molecule has 7 heteroatoms. The molecule has 2 aromatic heterocycles. The van der Waals surface area contributed by atoms with Gasteiger partial charge in [-0.2, -0.15) is 0 Å². The third-order valence-corrected chi connectivity index (χ3v) is 5.17. The molecule has 1 aliphatic carbocycles. The summed E-state index contributed by atoms with van der Waals surface area (Å²) in [5.41, 5.74) is 2.48. The van der Waals surface area contributed by atoms with Crippen molar-refractivity contribution in [2.45, 2.75) is 31.7 Å². The molecular weight excluding hydrogens is 332 g/mol. The van der Waals surface area contributed by atoms with Crippen molar-refractivity contribution < 1.29 is 9.84 Å². The van der Waals surface area contributed by atoms with Crippen LogP contribution in [0.5, 0.6) is 5.75 Å². The number of nitrogens with zero attached hydrogens (tertiary/aromatic N) is 3. The van der Waals surface area contributed by atoms with Crippen molar-refractivity contribution in [1.82, 2.24) is 19.5 Å². The molecule has 2 heterocycles. The van der Waals surface area contributed by atoms with Crippen molar-refractivity contribution in [3.63, 3.8) is 0 Å². The molecule has 1 fully saturated rings. The van der Waals surface area contributed by atoms with Crippen LogP contribution in [0, 0.1) is 5.92 Å². The van der Waals surface area contributed by atoms with Crippen molar-refractivity contribution in [3.8, 4) is 17.0 Å². The minimum atomic E-state index is -0.155. The Labute approximate surface area is 150 Å². The van der Waals surface area contributed by atoms with Gasteiger partial charge in [0.15, 0.2) is 11.3 Å². The first-order valence-electron chi connectivity index (χ1n) is 8.91. The number of aromatic hydroxyl groups is 1. The average Bonchev–Trinajstić information content (AvgIpc) is 2.98. The van der Waals surface area contributed by atoms with Crippen LogP contribution in [0.4, 0.5) is 0 Å². The molecule has 0 spiro atoms. The number of aromatic amines is 1. The molecule has 0 atom stereocenters. The number of aromatic nitrogens is 4. The van der Waals surface area contributed by atoms with E-state index in [2.05, 4.69) is 15.0 Å². The summed E-state index contributed by atoms with van der Waals surface area (Å²) >= 11 is 0. The molecule has 1 aliphatic rings. The largest absolute Gasteiger partial charge is 0.508 e. The molecule has 2 N–H and O–H groups in total. The SMILES string of the molecule is COC[C@H]1CC[C@H](n2c(=O)[nH]c3ncc(-c4ccc(O)cc4)nc32)CC1. The van der Waals surface area contributed by atoms with Crippen LogP contribution >= 0.6 is 0 Å². The lowest BCUT2D eigenvalue weighted by Gasteiger charge is -2.28. The summed E-state index contributed by atoms with van der Waals surface area (Å²) in [7, 11) is 1.73. The van der Waals surface area contributed by atoms with Crippen molar-refractivity contribution in [2.24, 2.45) is 5.92 Å². The molecule has 0 aliphatic heterocycles. The van der Waals surface area contributed by atoms with Crippen molar-refractivity contribution in [3.05, 3.63) is 40.9 Å². The second-order valence-electron chi connectivity index (χ2n) is 6.90. The molecule has 4 rings (SSSR count). The minimum absolute atomic E-state index is 0.133. The van der Waals surface area contributed by atoms with Crippen LogP contribution in [-0.2, 0) is 4.74 Å². The number of hydrogen-bond donors (Lipinski definition) is 2. The summed E-state index contributed by atoms with van der Waals surface area (Å²) in [6, 6.07) is 6.94. The van der Waals surface area contributed by atoms with Gasteiger partial charge in [-0.15, -0.1) is 0 Å². The van der Waals surface area contributed by atoms with Crippen LogP contribution in [0.25, 0.3) is 22.6 Å². The van der Waals surface area contributed by atoms with E-state index < -0.39 is 0 Å². The van der Waals surface area contributed by atoms with Crippen LogP contribution in [0.3, 0.4) is 0 Å². The highest BCUT2D eigenvalue weighted by Crippen LogP contribution is 2.33. The number of imidazole rings is 1. The van der Waals surface area contributed by atoms with Crippen LogP contribution in [0.2, 0.25) is 0 Å². The van der Waals surface area contributed by atoms with E-state index in [0.717, 1.165) is 37.9 Å². The van der Waals surface area contributed by atoms with E-state index in [1.54, 1.807) is 42.1 Å². The van der Waals surface area contributed by atoms with Gasteiger partial charge < -0.3 is 9.84 Å². The number of fused-ring (bicyclic) bond motifs is 1. The number of phenols is 1. The number of phenolic OH excluding ortho intramolecular Hbond substituents is 1. The number of methoxy groups -OCH3 is 1. The van der Waals surface area contributed by atoms with E-state index in [9.17, 15) is 9.90 Å². The predicted octanol–water partition coefficient (Wildman–Crippen LogP) is 2.87. The Balaban J connectivity index is 1.69. The molecule has 26 heavy (non-hydrogen) atoms. The summed E-state index contributed by atoms with van der Waals surface area (Å²) < 4.78 is 7.02. The molecule has 1 saturated carbocycles. The predicted molar refractivity (Wildman–Crippen MR) is 98.1 cm³/mol. The standard InChI is InChI=1S/C19H22N4O3/c1-26-11-12-2-6-14(7-3-12)23-18-17(22-19(23)25)20-10-16(21-18)13-4-8-15(24)9-5-13/h4-5,8-10,12,14,24H,2-3,6-7,11H2,1H3,(H,20,22,25)/t12-,14-.